The van der Waals surface area contributed by atoms with Crippen molar-refractivity contribution in [3.8, 4) is 0 Å². The Bertz CT molecular complexity index is 607. The first-order chi connectivity index (χ1) is 9.33. The SMILES string of the molecule is CNc1cc(COC)nc2c3c(ccc12)CCCC3. The number of rotatable bonds is 3. The fraction of sp³-hybridized carbons (Fsp3) is 0.438. The second kappa shape index (κ2) is 5.17. The van der Waals surface area contributed by atoms with Gasteiger partial charge in [0.05, 0.1) is 17.8 Å². The molecule has 0 spiro atoms. The Labute approximate surface area is 114 Å². The second-order valence-electron chi connectivity index (χ2n) is 5.15. The maximum atomic E-state index is 5.23. The first-order valence-electron chi connectivity index (χ1n) is 6.94. The largest absolute Gasteiger partial charge is 0.388 e. The van der Waals surface area contributed by atoms with Gasteiger partial charge in [0.25, 0.3) is 0 Å². The van der Waals surface area contributed by atoms with Gasteiger partial charge in [0, 0.05) is 25.2 Å². The molecule has 0 amide bonds. The molecule has 3 heteroatoms. The molecule has 3 nitrogen and oxygen atoms in total. The number of nitrogens with zero attached hydrogens (tertiary/aromatic N) is 1. The molecule has 1 N–H and O–H groups in total. The summed E-state index contributed by atoms with van der Waals surface area (Å²) in [6.45, 7) is 0.564. The van der Waals surface area contributed by atoms with E-state index in [2.05, 4.69) is 23.5 Å². The van der Waals surface area contributed by atoms with Crippen LogP contribution in [0.2, 0.25) is 0 Å². The van der Waals surface area contributed by atoms with Crippen LogP contribution in [-0.2, 0) is 24.2 Å². The molecule has 0 radical (unpaired) electrons. The van der Waals surface area contributed by atoms with Crippen molar-refractivity contribution >= 4 is 16.6 Å². The third kappa shape index (κ3) is 2.19. The van der Waals surface area contributed by atoms with Crippen LogP contribution in [0.1, 0.15) is 29.7 Å². The minimum Gasteiger partial charge on any atom is -0.388 e. The van der Waals surface area contributed by atoms with Gasteiger partial charge in [-0.3, -0.25) is 0 Å². The Morgan fingerprint density at radius 2 is 2.11 bits per heavy atom. The first-order valence-corrected chi connectivity index (χ1v) is 6.94. The van der Waals surface area contributed by atoms with E-state index in [1.54, 1.807) is 7.11 Å². The summed E-state index contributed by atoms with van der Waals surface area (Å²) in [6, 6.07) is 6.56. The molecule has 0 fully saturated rings. The number of aryl methyl sites for hydroxylation is 2. The lowest BCUT2D eigenvalue weighted by Crippen LogP contribution is -2.06. The predicted molar refractivity (Wildman–Crippen MR) is 78.6 cm³/mol. The smallest absolute Gasteiger partial charge is 0.0885 e. The van der Waals surface area contributed by atoms with Crippen LogP contribution in [0.25, 0.3) is 10.9 Å². The predicted octanol–water partition coefficient (Wildman–Crippen LogP) is 3.30. The Hall–Kier alpha value is -1.61. The summed E-state index contributed by atoms with van der Waals surface area (Å²) in [4.78, 5) is 4.82. The number of aromatic nitrogens is 1. The van der Waals surface area contributed by atoms with Crippen molar-refractivity contribution in [1.29, 1.82) is 0 Å². The average molecular weight is 256 g/mol. The molecule has 1 aliphatic carbocycles. The number of nitrogens with one attached hydrogen (secondary N) is 1. The van der Waals surface area contributed by atoms with Gasteiger partial charge in [-0.1, -0.05) is 12.1 Å². The topological polar surface area (TPSA) is 34.1 Å². The number of pyridine rings is 1. The standard InChI is InChI=1S/C16H20N2O/c1-17-15-9-12(10-19-2)18-16-13-6-4-3-5-11(13)7-8-14(15)16/h7-9H,3-6,10H2,1-2H3,(H,17,18). The van der Waals surface area contributed by atoms with Crippen LogP contribution in [0.5, 0.6) is 0 Å². The van der Waals surface area contributed by atoms with E-state index in [4.69, 9.17) is 9.72 Å². The Balaban J connectivity index is 2.25. The van der Waals surface area contributed by atoms with E-state index >= 15 is 0 Å². The highest BCUT2D eigenvalue weighted by Gasteiger charge is 2.15. The van der Waals surface area contributed by atoms with Gasteiger partial charge in [-0.05, 0) is 42.9 Å². The van der Waals surface area contributed by atoms with Crippen molar-refractivity contribution in [3.05, 3.63) is 35.0 Å². The number of fused-ring (bicyclic) bond motifs is 3. The lowest BCUT2D eigenvalue weighted by atomic mass is 9.89. The summed E-state index contributed by atoms with van der Waals surface area (Å²) in [6.07, 6.45) is 4.92. The zero-order valence-electron chi connectivity index (χ0n) is 11.6. The zero-order chi connectivity index (χ0) is 13.2. The van der Waals surface area contributed by atoms with E-state index in [0.29, 0.717) is 6.61 Å². The lowest BCUT2D eigenvalue weighted by molar-refractivity contribution is 0.182. The van der Waals surface area contributed by atoms with E-state index in [0.717, 1.165) is 23.3 Å². The van der Waals surface area contributed by atoms with Gasteiger partial charge < -0.3 is 10.1 Å². The van der Waals surface area contributed by atoms with Gasteiger partial charge in [-0.25, -0.2) is 4.98 Å². The summed E-state index contributed by atoms with van der Waals surface area (Å²) in [5.74, 6) is 0. The molecule has 3 rings (SSSR count). The molecule has 0 aliphatic heterocycles. The number of anilines is 1. The van der Waals surface area contributed by atoms with Crippen LogP contribution >= 0.6 is 0 Å². The molecular formula is C16H20N2O. The summed E-state index contributed by atoms with van der Waals surface area (Å²) < 4.78 is 5.23. The van der Waals surface area contributed by atoms with Crippen LogP contribution < -0.4 is 5.32 Å². The summed E-state index contributed by atoms with van der Waals surface area (Å²) in [7, 11) is 3.68. The summed E-state index contributed by atoms with van der Waals surface area (Å²) >= 11 is 0. The van der Waals surface area contributed by atoms with Crippen LogP contribution in [-0.4, -0.2) is 19.1 Å². The summed E-state index contributed by atoms with van der Waals surface area (Å²) in [5, 5.41) is 4.51. The van der Waals surface area contributed by atoms with E-state index in [9.17, 15) is 0 Å². The molecule has 1 aliphatic rings. The molecule has 1 aromatic carbocycles. The van der Waals surface area contributed by atoms with Gasteiger partial charge in [0.2, 0.25) is 0 Å². The highest BCUT2D eigenvalue weighted by molar-refractivity contribution is 5.94. The Morgan fingerprint density at radius 3 is 2.89 bits per heavy atom. The normalized spacial score (nSPS) is 14.4. The molecule has 0 saturated carbocycles. The summed E-state index contributed by atoms with van der Waals surface area (Å²) in [5.41, 5.74) is 6.22. The maximum absolute atomic E-state index is 5.23. The molecule has 0 saturated heterocycles. The third-order valence-electron chi connectivity index (χ3n) is 3.92. The zero-order valence-corrected chi connectivity index (χ0v) is 11.6. The Kier molecular flexibility index (Phi) is 3.38. The Morgan fingerprint density at radius 1 is 1.26 bits per heavy atom. The van der Waals surface area contributed by atoms with E-state index in [1.165, 1.54) is 35.8 Å². The molecule has 2 aromatic rings. The van der Waals surface area contributed by atoms with E-state index in [-0.39, 0.29) is 0 Å². The van der Waals surface area contributed by atoms with Crippen molar-refractivity contribution in [2.75, 3.05) is 19.5 Å². The molecule has 0 unspecified atom stereocenters. The first kappa shape index (κ1) is 12.4. The second-order valence-corrected chi connectivity index (χ2v) is 5.15. The van der Waals surface area contributed by atoms with E-state index in [1.807, 2.05) is 7.05 Å². The quantitative estimate of drug-likeness (QED) is 0.915. The van der Waals surface area contributed by atoms with Gasteiger partial charge in [-0.2, -0.15) is 0 Å². The van der Waals surface area contributed by atoms with Crippen LogP contribution in [0.15, 0.2) is 18.2 Å². The van der Waals surface area contributed by atoms with Crippen molar-refractivity contribution in [1.82, 2.24) is 4.98 Å². The van der Waals surface area contributed by atoms with Crippen molar-refractivity contribution < 1.29 is 4.74 Å². The van der Waals surface area contributed by atoms with Gasteiger partial charge >= 0.3 is 0 Å². The molecule has 1 heterocycles. The monoisotopic (exact) mass is 256 g/mol. The van der Waals surface area contributed by atoms with Gasteiger partial charge in [0.1, 0.15) is 0 Å². The number of hydrogen-bond acceptors (Lipinski definition) is 3. The van der Waals surface area contributed by atoms with E-state index < -0.39 is 0 Å². The third-order valence-corrected chi connectivity index (χ3v) is 3.92. The molecule has 0 bridgehead atoms. The number of methoxy groups -OCH3 is 1. The van der Waals surface area contributed by atoms with Crippen LogP contribution in [0, 0.1) is 0 Å². The molecule has 19 heavy (non-hydrogen) atoms. The van der Waals surface area contributed by atoms with Crippen LogP contribution in [0.3, 0.4) is 0 Å². The van der Waals surface area contributed by atoms with Crippen molar-refractivity contribution in [3.63, 3.8) is 0 Å². The molecular weight excluding hydrogens is 236 g/mol. The highest BCUT2D eigenvalue weighted by atomic mass is 16.5. The minimum absolute atomic E-state index is 0.564. The molecule has 1 aromatic heterocycles. The average Bonchev–Trinajstić information content (AvgIpc) is 2.46. The number of hydrogen-bond donors (Lipinski definition) is 1. The van der Waals surface area contributed by atoms with Gasteiger partial charge in [-0.15, -0.1) is 0 Å². The molecule has 100 valence electrons. The number of ether oxygens (including phenoxy) is 1. The molecule has 0 atom stereocenters. The number of benzene rings is 1. The fourth-order valence-electron chi connectivity index (χ4n) is 3.00. The fourth-order valence-corrected chi connectivity index (χ4v) is 3.00. The lowest BCUT2D eigenvalue weighted by Gasteiger charge is -2.19. The minimum atomic E-state index is 0.564. The maximum Gasteiger partial charge on any atom is 0.0885 e. The van der Waals surface area contributed by atoms with Gasteiger partial charge in [0.15, 0.2) is 0 Å². The van der Waals surface area contributed by atoms with Crippen molar-refractivity contribution in [2.24, 2.45) is 0 Å². The highest BCUT2D eigenvalue weighted by Crippen LogP contribution is 2.32. The van der Waals surface area contributed by atoms with Crippen molar-refractivity contribution in [2.45, 2.75) is 32.3 Å². The van der Waals surface area contributed by atoms with Crippen LogP contribution in [0.4, 0.5) is 5.69 Å².